The lowest BCUT2D eigenvalue weighted by molar-refractivity contribution is -0.120. The molecule has 2 rings (SSSR count). The van der Waals surface area contributed by atoms with Crippen molar-refractivity contribution in [3.63, 3.8) is 0 Å². The molecule has 0 saturated heterocycles. The molecule has 0 spiro atoms. The van der Waals surface area contributed by atoms with E-state index in [1.807, 2.05) is 25.3 Å². The molecule has 3 heteroatoms. The summed E-state index contributed by atoms with van der Waals surface area (Å²) in [5.41, 5.74) is 0.853. The smallest absolute Gasteiger partial charge is 0.253 e. The van der Waals surface area contributed by atoms with Crippen LogP contribution in [-0.2, 0) is 4.79 Å². The van der Waals surface area contributed by atoms with Crippen LogP contribution in [0.3, 0.4) is 0 Å². The summed E-state index contributed by atoms with van der Waals surface area (Å²) in [5, 5.41) is 0. The zero-order valence-corrected chi connectivity index (χ0v) is 8.90. The minimum Gasteiger partial charge on any atom is -0.312 e. The third-order valence-corrected chi connectivity index (χ3v) is 3.07. The average Bonchev–Trinajstić information content (AvgIpc) is 2.24. The molecule has 0 unspecified atom stereocenters. The average molecular weight is 205 g/mol. The van der Waals surface area contributed by atoms with E-state index in [0.29, 0.717) is 18.6 Å². The first kappa shape index (κ1) is 10.1. The number of rotatable bonds is 1. The monoisotopic (exact) mass is 205 g/mol. The molecule has 0 radical (unpaired) electrons. The van der Waals surface area contributed by atoms with Crippen molar-refractivity contribution in [2.24, 2.45) is 0 Å². The van der Waals surface area contributed by atoms with E-state index >= 15 is 0 Å². The summed E-state index contributed by atoms with van der Waals surface area (Å²) in [4.78, 5) is 22.9. The van der Waals surface area contributed by atoms with Crippen molar-refractivity contribution in [2.75, 3.05) is 0 Å². The Hall–Kier alpha value is -1.38. The van der Waals surface area contributed by atoms with Gasteiger partial charge in [0, 0.05) is 30.6 Å². The van der Waals surface area contributed by atoms with Crippen LogP contribution >= 0.6 is 0 Å². The third-order valence-electron chi connectivity index (χ3n) is 3.07. The summed E-state index contributed by atoms with van der Waals surface area (Å²) in [6.07, 6.45) is 4.68. The van der Waals surface area contributed by atoms with E-state index in [1.165, 1.54) is 0 Å². The summed E-state index contributed by atoms with van der Waals surface area (Å²) in [6.45, 7) is 1.83. The highest BCUT2D eigenvalue weighted by atomic mass is 16.1. The standard InChI is InChI=1S/C12H15NO2/c1-9-3-2-8-13(12(9)15)10-4-6-11(14)7-5-10/h2-3,8,10H,4-7H2,1H3. The number of pyridine rings is 1. The Morgan fingerprint density at radius 3 is 2.60 bits per heavy atom. The van der Waals surface area contributed by atoms with Gasteiger partial charge < -0.3 is 4.57 Å². The predicted octanol–water partition coefficient (Wildman–Crippen LogP) is 1.84. The topological polar surface area (TPSA) is 39.1 Å². The molecular formula is C12H15NO2. The number of aromatic nitrogens is 1. The Kier molecular flexibility index (Phi) is 2.71. The Bertz CT molecular complexity index is 423. The second-order valence-corrected chi connectivity index (χ2v) is 4.17. The second kappa shape index (κ2) is 4.01. The highest BCUT2D eigenvalue weighted by molar-refractivity contribution is 5.79. The van der Waals surface area contributed by atoms with Gasteiger partial charge in [-0.15, -0.1) is 0 Å². The Balaban J connectivity index is 2.27. The van der Waals surface area contributed by atoms with Gasteiger partial charge in [0.1, 0.15) is 5.78 Å². The van der Waals surface area contributed by atoms with Crippen molar-refractivity contribution in [1.29, 1.82) is 0 Å². The van der Waals surface area contributed by atoms with Crippen molar-refractivity contribution < 1.29 is 4.79 Å². The van der Waals surface area contributed by atoms with Gasteiger partial charge in [-0.05, 0) is 25.8 Å². The molecule has 1 aliphatic carbocycles. The van der Waals surface area contributed by atoms with Crippen LogP contribution in [-0.4, -0.2) is 10.4 Å². The maximum absolute atomic E-state index is 11.8. The first-order valence-corrected chi connectivity index (χ1v) is 5.38. The summed E-state index contributed by atoms with van der Waals surface area (Å²) in [6, 6.07) is 3.94. The fourth-order valence-electron chi connectivity index (χ4n) is 2.11. The van der Waals surface area contributed by atoms with Crippen molar-refractivity contribution in [3.05, 3.63) is 34.2 Å². The molecule has 0 bridgehead atoms. The highest BCUT2D eigenvalue weighted by Crippen LogP contribution is 2.24. The molecule has 0 atom stereocenters. The maximum atomic E-state index is 11.8. The van der Waals surface area contributed by atoms with Crippen LogP contribution in [0.1, 0.15) is 37.3 Å². The van der Waals surface area contributed by atoms with Gasteiger partial charge in [-0.3, -0.25) is 9.59 Å². The molecule has 3 nitrogen and oxygen atoms in total. The lowest BCUT2D eigenvalue weighted by Gasteiger charge is -2.23. The van der Waals surface area contributed by atoms with E-state index in [1.54, 1.807) is 4.57 Å². The van der Waals surface area contributed by atoms with E-state index in [0.717, 1.165) is 18.4 Å². The lowest BCUT2D eigenvalue weighted by Crippen LogP contribution is -2.28. The predicted molar refractivity (Wildman–Crippen MR) is 58.0 cm³/mol. The third kappa shape index (κ3) is 2.01. The molecule has 0 N–H and O–H groups in total. The van der Waals surface area contributed by atoms with Gasteiger partial charge in [-0.25, -0.2) is 0 Å². The van der Waals surface area contributed by atoms with E-state index in [2.05, 4.69) is 0 Å². The summed E-state index contributed by atoms with van der Waals surface area (Å²) >= 11 is 0. The molecule has 1 aliphatic rings. The van der Waals surface area contributed by atoms with Crippen LogP contribution < -0.4 is 5.56 Å². The molecular weight excluding hydrogens is 190 g/mol. The number of hydrogen-bond acceptors (Lipinski definition) is 2. The van der Waals surface area contributed by atoms with Crippen LogP contribution in [0.15, 0.2) is 23.1 Å². The molecule has 1 fully saturated rings. The molecule has 1 aromatic rings. The van der Waals surface area contributed by atoms with Crippen molar-refractivity contribution in [3.8, 4) is 0 Å². The molecule has 1 aromatic heterocycles. The van der Waals surface area contributed by atoms with Crippen molar-refractivity contribution in [1.82, 2.24) is 4.57 Å². The first-order chi connectivity index (χ1) is 7.18. The van der Waals surface area contributed by atoms with Crippen LogP contribution in [0.25, 0.3) is 0 Å². The minimum atomic E-state index is 0.0804. The largest absolute Gasteiger partial charge is 0.312 e. The SMILES string of the molecule is Cc1cccn(C2CCC(=O)CC2)c1=O. The van der Waals surface area contributed by atoms with Gasteiger partial charge in [0.05, 0.1) is 0 Å². The van der Waals surface area contributed by atoms with Gasteiger partial charge in [0.25, 0.3) is 5.56 Å². The zero-order chi connectivity index (χ0) is 10.8. The molecule has 0 aromatic carbocycles. The molecule has 80 valence electrons. The van der Waals surface area contributed by atoms with E-state index < -0.39 is 0 Å². The molecule has 0 amide bonds. The number of ketones is 1. The van der Waals surface area contributed by atoms with Gasteiger partial charge in [-0.2, -0.15) is 0 Å². The van der Waals surface area contributed by atoms with E-state index in [4.69, 9.17) is 0 Å². The van der Waals surface area contributed by atoms with Gasteiger partial charge in [0.15, 0.2) is 0 Å². The van der Waals surface area contributed by atoms with Crippen molar-refractivity contribution >= 4 is 5.78 Å². The molecule has 0 aliphatic heterocycles. The molecule has 15 heavy (non-hydrogen) atoms. The van der Waals surface area contributed by atoms with Gasteiger partial charge >= 0.3 is 0 Å². The fraction of sp³-hybridized carbons (Fsp3) is 0.500. The summed E-state index contributed by atoms with van der Waals surface area (Å²) < 4.78 is 1.78. The highest BCUT2D eigenvalue weighted by Gasteiger charge is 2.20. The van der Waals surface area contributed by atoms with Crippen LogP contribution in [0.4, 0.5) is 0 Å². The van der Waals surface area contributed by atoms with Crippen LogP contribution in [0, 0.1) is 6.92 Å². The Morgan fingerprint density at radius 1 is 1.27 bits per heavy atom. The van der Waals surface area contributed by atoms with E-state index in [-0.39, 0.29) is 11.6 Å². The zero-order valence-electron chi connectivity index (χ0n) is 8.90. The minimum absolute atomic E-state index is 0.0804. The number of Topliss-reactive ketones (excluding diaryl/α,β-unsaturated/α-hetero) is 1. The van der Waals surface area contributed by atoms with Gasteiger partial charge in [-0.1, -0.05) is 6.07 Å². The Morgan fingerprint density at radius 2 is 1.93 bits per heavy atom. The second-order valence-electron chi connectivity index (χ2n) is 4.17. The molecule has 1 saturated carbocycles. The van der Waals surface area contributed by atoms with Crippen molar-refractivity contribution in [2.45, 2.75) is 38.6 Å². The first-order valence-electron chi connectivity index (χ1n) is 5.38. The normalized spacial score (nSPS) is 18.1. The summed E-state index contributed by atoms with van der Waals surface area (Å²) in [7, 11) is 0. The fourth-order valence-corrected chi connectivity index (χ4v) is 2.11. The Labute approximate surface area is 88.7 Å². The summed E-state index contributed by atoms with van der Waals surface area (Å²) in [5.74, 6) is 0.326. The van der Waals surface area contributed by atoms with Crippen LogP contribution in [0.2, 0.25) is 0 Å². The van der Waals surface area contributed by atoms with Gasteiger partial charge in [0.2, 0.25) is 0 Å². The van der Waals surface area contributed by atoms with Crippen LogP contribution in [0.5, 0.6) is 0 Å². The van der Waals surface area contributed by atoms with E-state index in [9.17, 15) is 9.59 Å². The number of hydrogen-bond donors (Lipinski definition) is 0. The molecule has 1 heterocycles. The number of carbonyl (C=O) groups is 1. The lowest BCUT2D eigenvalue weighted by atomic mass is 9.94. The number of nitrogens with zero attached hydrogens (tertiary/aromatic N) is 1. The quantitative estimate of drug-likeness (QED) is 0.701. The number of carbonyl (C=O) groups excluding carboxylic acids is 1. The number of aryl methyl sites for hydroxylation is 1. The maximum Gasteiger partial charge on any atom is 0.253 e.